The number of benzene rings is 2. The third-order valence-electron chi connectivity index (χ3n) is 4.54. The highest BCUT2D eigenvalue weighted by molar-refractivity contribution is 5.91. The molecule has 3 rings (SSSR count). The van der Waals surface area contributed by atoms with Crippen LogP contribution < -0.4 is 20.3 Å². The maximum Gasteiger partial charge on any atom is 0.253 e. The Hall–Kier alpha value is -3.87. The van der Waals surface area contributed by atoms with Crippen LogP contribution in [0.2, 0.25) is 0 Å². The van der Waals surface area contributed by atoms with Gasteiger partial charge in [0.2, 0.25) is 5.91 Å². The van der Waals surface area contributed by atoms with E-state index in [0.29, 0.717) is 25.4 Å². The fourth-order valence-electron chi connectivity index (χ4n) is 2.89. The van der Waals surface area contributed by atoms with Crippen LogP contribution in [0.25, 0.3) is 17.3 Å². The number of amides is 1. The lowest BCUT2D eigenvalue weighted by molar-refractivity contribution is -0.116. The van der Waals surface area contributed by atoms with E-state index in [1.165, 1.54) is 23.0 Å². The van der Waals surface area contributed by atoms with Crippen molar-refractivity contribution in [1.29, 1.82) is 0 Å². The van der Waals surface area contributed by atoms with Gasteiger partial charge in [0.1, 0.15) is 11.5 Å². The molecule has 0 unspecified atom stereocenters. The fraction of sp³-hybridized carbons (Fsp3) is 0.208. The van der Waals surface area contributed by atoms with E-state index < -0.39 is 0 Å². The molecule has 7 nitrogen and oxygen atoms in total. The molecule has 0 fully saturated rings. The average Bonchev–Trinajstić information content (AvgIpc) is 2.80. The first-order chi connectivity index (χ1) is 15.1. The first kappa shape index (κ1) is 21.8. The molecule has 7 heteroatoms. The summed E-state index contributed by atoms with van der Waals surface area (Å²) in [7, 11) is 1.60. The Kier molecular flexibility index (Phi) is 7.59. The molecule has 0 atom stereocenters. The zero-order valence-electron chi connectivity index (χ0n) is 17.6. The summed E-state index contributed by atoms with van der Waals surface area (Å²) in [5, 5.41) is 2.76. The van der Waals surface area contributed by atoms with Gasteiger partial charge in [0.05, 0.1) is 25.7 Å². The van der Waals surface area contributed by atoms with Crippen molar-refractivity contribution in [3.63, 3.8) is 0 Å². The Morgan fingerprint density at radius 1 is 1.10 bits per heavy atom. The van der Waals surface area contributed by atoms with E-state index in [4.69, 9.17) is 9.47 Å². The first-order valence-corrected chi connectivity index (χ1v) is 9.98. The minimum atomic E-state index is -0.233. The van der Waals surface area contributed by atoms with Crippen molar-refractivity contribution >= 4 is 12.0 Å². The zero-order chi connectivity index (χ0) is 22.1. The standard InChI is InChI=1S/C24H25N3O4/c1-3-31-21-11-7-19(8-12-21)22-16-24(29)27(17-26-22)15-14-25-23(28)13-6-18-4-9-20(30-2)10-5-18/h4-13,16-17H,3,14-15H2,1-2H3,(H,25,28)/b13-6+. The van der Waals surface area contributed by atoms with Gasteiger partial charge in [0, 0.05) is 30.8 Å². The van der Waals surface area contributed by atoms with Gasteiger partial charge < -0.3 is 14.8 Å². The van der Waals surface area contributed by atoms with Gasteiger partial charge in [-0.2, -0.15) is 0 Å². The van der Waals surface area contributed by atoms with Crippen LogP contribution in [-0.2, 0) is 11.3 Å². The van der Waals surface area contributed by atoms with Crippen LogP contribution in [0, 0.1) is 0 Å². The lowest BCUT2D eigenvalue weighted by atomic mass is 10.1. The van der Waals surface area contributed by atoms with Gasteiger partial charge in [0.25, 0.3) is 5.56 Å². The van der Waals surface area contributed by atoms with E-state index >= 15 is 0 Å². The maximum absolute atomic E-state index is 12.4. The van der Waals surface area contributed by atoms with Crippen molar-refractivity contribution in [2.24, 2.45) is 0 Å². The van der Waals surface area contributed by atoms with Crippen molar-refractivity contribution in [3.8, 4) is 22.8 Å². The van der Waals surface area contributed by atoms with Crippen molar-refractivity contribution in [2.45, 2.75) is 13.5 Å². The quantitative estimate of drug-likeness (QED) is 0.539. The van der Waals surface area contributed by atoms with Crippen LogP contribution in [0.5, 0.6) is 11.5 Å². The molecule has 1 heterocycles. The van der Waals surface area contributed by atoms with E-state index in [-0.39, 0.29) is 11.5 Å². The van der Waals surface area contributed by atoms with Gasteiger partial charge in [-0.15, -0.1) is 0 Å². The Bertz CT molecular complexity index is 1090. The molecule has 3 aromatic rings. The largest absolute Gasteiger partial charge is 0.497 e. The minimum absolute atomic E-state index is 0.179. The molecule has 0 saturated carbocycles. The van der Waals surface area contributed by atoms with Crippen LogP contribution in [0.3, 0.4) is 0 Å². The van der Waals surface area contributed by atoms with Gasteiger partial charge >= 0.3 is 0 Å². The second-order valence-corrected chi connectivity index (χ2v) is 6.66. The lowest BCUT2D eigenvalue weighted by Crippen LogP contribution is -2.29. The molecule has 0 spiro atoms. The van der Waals surface area contributed by atoms with Gasteiger partial charge in [-0.3, -0.25) is 14.2 Å². The van der Waals surface area contributed by atoms with Gasteiger partial charge in [-0.05, 0) is 55.0 Å². The van der Waals surface area contributed by atoms with E-state index in [1.54, 1.807) is 13.2 Å². The molecule has 2 aromatic carbocycles. The van der Waals surface area contributed by atoms with Crippen LogP contribution in [0.4, 0.5) is 0 Å². The minimum Gasteiger partial charge on any atom is -0.497 e. The maximum atomic E-state index is 12.4. The van der Waals surface area contributed by atoms with Crippen molar-refractivity contribution in [2.75, 3.05) is 20.3 Å². The van der Waals surface area contributed by atoms with E-state index in [9.17, 15) is 9.59 Å². The number of hydrogen-bond donors (Lipinski definition) is 1. The summed E-state index contributed by atoms with van der Waals surface area (Å²) >= 11 is 0. The average molecular weight is 419 g/mol. The molecule has 0 aliphatic carbocycles. The molecule has 160 valence electrons. The highest BCUT2D eigenvalue weighted by Gasteiger charge is 2.04. The first-order valence-electron chi connectivity index (χ1n) is 9.98. The molecule has 1 aromatic heterocycles. The summed E-state index contributed by atoms with van der Waals surface area (Å²) in [4.78, 5) is 28.7. The molecule has 0 radical (unpaired) electrons. The number of ether oxygens (including phenoxy) is 2. The monoisotopic (exact) mass is 419 g/mol. The van der Waals surface area contributed by atoms with Gasteiger partial charge in [-0.25, -0.2) is 4.98 Å². The topological polar surface area (TPSA) is 82.5 Å². The van der Waals surface area contributed by atoms with E-state index in [2.05, 4.69) is 10.3 Å². The summed E-state index contributed by atoms with van der Waals surface area (Å²) in [6.07, 6.45) is 4.67. The van der Waals surface area contributed by atoms with E-state index in [1.807, 2.05) is 55.5 Å². The molecule has 0 aliphatic rings. The molecular formula is C24H25N3O4. The lowest BCUT2D eigenvalue weighted by Gasteiger charge is -2.08. The molecule has 0 bridgehead atoms. The number of rotatable bonds is 9. The molecule has 1 N–H and O–H groups in total. The number of aromatic nitrogens is 2. The SMILES string of the molecule is CCOc1ccc(-c2cc(=O)n(CCNC(=O)/C=C/c3ccc(OC)cc3)cn2)cc1. The van der Waals surface area contributed by atoms with Gasteiger partial charge in [-0.1, -0.05) is 12.1 Å². The predicted molar refractivity (Wildman–Crippen MR) is 120 cm³/mol. The van der Waals surface area contributed by atoms with Crippen molar-refractivity contribution in [1.82, 2.24) is 14.9 Å². The molecule has 0 aliphatic heterocycles. The van der Waals surface area contributed by atoms with Gasteiger partial charge in [0.15, 0.2) is 0 Å². The highest BCUT2D eigenvalue weighted by atomic mass is 16.5. The number of methoxy groups -OCH3 is 1. The molecule has 0 saturated heterocycles. The summed E-state index contributed by atoms with van der Waals surface area (Å²) in [6.45, 7) is 3.17. The third-order valence-corrected chi connectivity index (χ3v) is 4.54. The Balaban J connectivity index is 1.52. The van der Waals surface area contributed by atoms with Crippen molar-refractivity contribution < 1.29 is 14.3 Å². The summed E-state index contributed by atoms with van der Waals surface area (Å²) in [5.41, 5.74) is 2.14. The highest BCUT2D eigenvalue weighted by Crippen LogP contribution is 2.19. The predicted octanol–water partition coefficient (Wildman–Crippen LogP) is 3.15. The smallest absolute Gasteiger partial charge is 0.253 e. The van der Waals surface area contributed by atoms with Crippen LogP contribution in [-0.4, -0.2) is 35.7 Å². The Labute approximate surface area is 181 Å². The normalized spacial score (nSPS) is 10.8. The third kappa shape index (κ3) is 6.30. The Morgan fingerprint density at radius 2 is 1.81 bits per heavy atom. The number of nitrogens with one attached hydrogen (secondary N) is 1. The van der Waals surface area contributed by atoms with Crippen molar-refractivity contribution in [3.05, 3.63) is 82.9 Å². The number of carbonyl (C=O) groups excluding carboxylic acids is 1. The van der Waals surface area contributed by atoms with Crippen LogP contribution >= 0.6 is 0 Å². The summed E-state index contributed by atoms with van der Waals surface area (Å²) < 4.78 is 12.0. The summed E-state index contributed by atoms with van der Waals surface area (Å²) in [5.74, 6) is 1.30. The van der Waals surface area contributed by atoms with Crippen LogP contribution in [0.15, 0.2) is 71.8 Å². The fourth-order valence-corrected chi connectivity index (χ4v) is 2.89. The van der Waals surface area contributed by atoms with Crippen LogP contribution in [0.1, 0.15) is 12.5 Å². The Morgan fingerprint density at radius 3 is 2.45 bits per heavy atom. The second-order valence-electron chi connectivity index (χ2n) is 6.66. The molecule has 31 heavy (non-hydrogen) atoms. The number of carbonyl (C=O) groups is 1. The number of nitrogens with zero attached hydrogens (tertiary/aromatic N) is 2. The number of hydrogen-bond acceptors (Lipinski definition) is 5. The second kappa shape index (κ2) is 10.8. The molecular weight excluding hydrogens is 394 g/mol. The zero-order valence-corrected chi connectivity index (χ0v) is 17.6. The summed E-state index contributed by atoms with van der Waals surface area (Å²) in [6, 6.07) is 16.3. The van der Waals surface area contributed by atoms with E-state index in [0.717, 1.165) is 22.6 Å². The molecule has 1 amide bonds.